The van der Waals surface area contributed by atoms with Crippen molar-refractivity contribution in [1.82, 2.24) is 9.78 Å². The van der Waals surface area contributed by atoms with Crippen LogP contribution < -0.4 is 4.90 Å². The Kier molecular flexibility index (Phi) is 3.02. The van der Waals surface area contributed by atoms with Gasteiger partial charge in [0.05, 0.1) is 11.7 Å². The lowest BCUT2D eigenvalue weighted by Crippen LogP contribution is -2.25. The molecule has 2 aromatic rings. The summed E-state index contributed by atoms with van der Waals surface area (Å²) in [6, 6.07) is 5.71. The largest absolute Gasteiger partial charge is 0.285 e. The van der Waals surface area contributed by atoms with Crippen LogP contribution in [0, 0.1) is 0 Å². The Bertz CT molecular complexity index is 640. The third-order valence-electron chi connectivity index (χ3n) is 2.77. The van der Waals surface area contributed by atoms with Crippen molar-refractivity contribution in [3.63, 3.8) is 0 Å². The molecule has 0 aliphatic heterocycles. The van der Waals surface area contributed by atoms with Gasteiger partial charge in [0.25, 0.3) is 5.91 Å². The summed E-state index contributed by atoms with van der Waals surface area (Å²) in [6.07, 6.45) is 3.26. The van der Waals surface area contributed by atoms with E-state index >= 15 is 0 Å². The Morgan fingerprint density at radius 1 is 1.50 bits per heavy atom. The first-order chi connectivity index (χ1) is 8.54. The van der Waals surface area contributed by atoms with Crippen LogP contribution in [0.5, 0.6) is 0 Å². The average Bonchev–Trinajstić information content (AvgIpc) is 2.71. The van der Waals surface area contributed by atoms with Crippen molar-refractivity contribution in [2.75, 3.05) is 4.90 Å². The van der Waals surface area contributed by atoms with Crippen molar-refractivity contribution < 1.29 is 4.79 Å². The molecular formula is C14H15N3O. The normalized spacial score (nSPS) is 10.3. The number of amides is 1. The highest BCUT2D eigenvalue weighted by Gasteiger charge is 2.14. The number of aryl methyl sites for hydroxylation is 1. The fourth-order valence-electron chi connectivity index (χ4n) is 1.81. The summed E-state index contributed by atoms with van der Waals surface area (Å²) in [5.41, 5.74) is 2.25. The van der Waals surface area contributed by atoms with Crippen LogP contribution in [0.1, 0.15) is 6.92 Å². The number of hydrogen-bond acceptors (Lipinski definition) is 2. The third-order valence-corrected chi connectivity index (χ3v) is 2.77. The summed E-state index contributed by atoms with van der Waals surface area (Å²) >= 11 is 0. The second kappa shape index (κ2) is 4.49. The maximum absolute atomic E-state index is 12.0. The fourth-order valence-corrected chi connectivity index (χ4v) is 1.81. The van der Waals surface area contributed by atoms with Gasteiger partial charge in [-0.3, -0.25) is 14.4 Å². The molecule has 1 aromatic heterocycles. The van der Waals surface area contributed by atoms with Gasteiger partial charge in [0.1, 0.15) is 0 Å². The lowest BCUT2D eigenvalue weighted by Gasteiger charge is -2.18. The zero-order valence-electron chi connectivity index (χ0n) is 10.6. The molecule has 0 aliphatic carbocycles. The summed E-state index contributed by atoms with van der Waals surface area (Å²) in [5.74, 6) is -0.159. The smallest absolute Gasteiger partial charge is 0.257 e. The van der Waals surface area contributed by atoms with E-state index in [4.69, 9.17) is 0 Å². The summed E-state index contributed by atoms with van der Waals surface area (Å²) in [7, 11) is 1.88. The number of hydrogen-bond donors (Lipinski definition) is 0. The predicted octanol–water partition coefficient (Wildman–Crippen LogP) is 2.63. The maximum Gasteiger partial charge on any atom is 0.257 e. The minimum absolute atomic E-state index is 0.159. The van der Waals surface area contributed by atoms with Gasteiger partial charge in [-0.25, -0.2) is 0 Å². The van der Waals surface area contributed by atoms with Crippen LogP contribution in [-0.4, -0.2) is 15.7 Å². The van der Waals surface area contributed by atoms with E-state index in [0.717, 1.165) is 16.6 Å². The standard InChI is InChI=1S/C14H15N3O/c1-5-17(14(18)10(2)3)12-6-7-13-11(8-12)9-15-16(13)4/h5-9H,1-2H2,3-4H3. The van der Waals surface area contributed by atoms with Crippen LogP contribution in [-0.2, 0) is 11.8 Å². The Balaban J connectivity index is 2.49. The number of benzene rings is 1. The number of carbonyl (C=O) groups is 1. The average molecular weight is 241 g/mol. The first-order valence-corrected chi connectivity index (χ1v) is 5.58. The molecule has 1 amide bonds. The minimum atomic E-state index is -0.159. The molecule has 18 heavy (non-hydrogen) atoms. The van der Waals surface area contributed by atoms with Gasteiger partial charge in [-0.15, -0.1) is 0 Å². The Labute approximate surface area is 106 Å². The Morgan fingerprint density at radius 2 is 2.22 bits per heavy atom. The molecule has 0 radical (unpaired) electrons. The van der Waals surface area contributed by atoms with E-state index in [9.17, 15) is 4.79 Å². The van der Waals surface area contributed by atoms with Crippen LogP contribution in [0.2, 0.25) is 0 Å². The van der Waals surface area contributed by atoms with Crippen molar-refractivity contribution in [2.24, 2.45) is 7.05 Å². The molecule has 1 heterocycles. The molecule has 0 atom stereocenters. The van der Waals surface area contributed by atoms with Crippen molar-refractivity contribution in [3.8, 4) is 0 Å². The van der Waals surface area contributed by atoms with E-state index in [1.807, 2.05) is 25.2 Å². The maximum atomic E-state index is 12.0. The van der Waals surface area contributed by atoms with E-state index < -0.39 is 0 Å². The predicted molar refractivity (Wildman–Crippen MR) is 73.2 cm³/mol. The van der Waals surface area contributed by atoms with Crippen molar-refractivity contribution in [3.05, 3.63) is 49.3 Å². The molecule has 92 valence electrons. The summed E-state index contributed by atoms with van der Waals surface area (Å²) in [4.78, 5) is 13.4. The van der Waals surface area contributed by atoms with Gasteiger partial charge < -0.3 is 0 Å². The molecule has 0 unspecified atom stereocenters. The molecule has 0 N–H and O–H groups in total. The van der Waals surface area contributed by atoms with Crippen LogP contribution in [0.25, 0.3) is 10.9 Å². The quantitative estimate of drug-likeness (QED) is 0.775. The lowest BCUT2D eigenvalue weighted by molar-refractivity contribution is -0.114. The van der Waals surface area contributed by atoms with Gasteiger partial charge in [0, 0.05) is 29.9 Å². The first-order valence-electron chi connectivity index (χ1n) is 5.58. The Hall–Kier alpha value is -2.36. The SMILES string of the molecule is C=CN(C(=O)C(=C)C)c1ccc2c(cnn2C)c1. The van der Waals surface area contributed by atoms with Crippen LogP contribution in [0.4, 0.5) is 5.69 Å². The highest BCUT2D eigenvalue weighted by molar-refractivity contribution is 6.06. The number of carbonyl (C=O) groups excluding carboxylic acids is 1. The zero-order valence-corrected chi connectivity index (χ0v) is 10.6. The van der Waals surface area contributed by atoms with E-state index in [0.29, 0.717) is 5.57 Å². The van der Waals surface area contributed by atoms with Gasteiger partial charge in [0.2, 0.25) is 0 Å². The second-order valence-corrected chi connectivity index (χ2v) is 4.15. The monoisotopic (exact) mass is 241 g/mol. The Morgan fingerprint density at radius 3 is 2.83 bits per heavy atom. The van der Waals surface area contributed by atoms with E-state index in [-0.39, 0.29) is 5.91 Å². The van der Waals surface area contributed by atoms with Gasteiger partial charge >= 0.3 is 0 Å². The van der Waals surface area contributed by atoms with Crippen molar-refractivity contribution >= 4 is 22.5 Å². The molecule has 0 bridgehead atoms. The van der Waals surface area contributed by atoms with E-state index in [2.05, 4.69) is 18.3 Å². The molecule has 1 aromatic carbocycles. The van der Waals surface area contributed by atoms with Gasteiger partial charge in [-0.05, 0) is 25.1 Å². The number of anilines is 1. The number of aromatic nitrogens is 2. The molecule has 0 spiro atoms. The zero-order chi connectivity index (χ0) is 13.3. The van der Waals surface area contributed by atoms with Crippen LogP contribution >= 0.6 is 0 Å². The van der Waals surface area contributed by atoms with Gasteiger partial charge in [0.15, 0.2) is 0 Å². The molecule has 0 fully saturated rings. The molecular weight excluding hydrogens is 226 g/mol. The second-order valence-electron chi connectivity index (χ2n) is 4.15. The molecule has 0 saturated heterocycles. The first kappa shape index (κ1) is 12.1. The van der Waals surface area contributed by atoms with Crippen LogP contribution in [0.15, 0.2) is 49.3 Å². The van der Waals surface area contributed by atoms with E-state index in [1.54, 1.807) is 17.8 Å². The molecule has 2 rings (SSSR count). The summed E-state index contributed by atoms with van der Waals surface area (Å²) < 4.78 is 1.79. The minimum Gasteiger partial charge on any atom is -0.285 e. The lowest BCUT2D eigenvalue weighted by atomic mass is 10.2. The highest BCUT2D eigenvalue weighted by Crippen LogP contribution is 2.23. The third kappa shape index (κ3) is 1.93. The fraction of sp³-hybridized carbons (Fsp3) is 0.143. The summed E-state index contributed by atoms with van der Waals surface area (Å²) in [6.45, 7) is 9.01. The van der Waals surface area contributed by atoms with Crippen molar-refractivity contribution in [2.45, 2.75) is 6.92 Å². The van der Waals surface area contributed by atoms with Gasteiger partial charge in [-0.1, -0.05) is 13.2 Å². The topological polar surface area (TPSA) is 38.1 Å². The molecule has 0 aliphatic rings. The van der Waals surface area contributed by atoms with E-state index in [1.165, 1.54) is 11.1 Å². The van der Waals surface area contributed by atoms with Gasteiger partial charge in [-0.2, -0.15) is 5.10 Å². The summed E-state index contributed by atoms with van der Waals surface area (Å²) in [5, 5.41) is 5.15. The van der Waals surface area contributed by atoms with Crippen molar-refractivity contribution in [1.29, 1.82) is 0 Å². The number of rotatable bonds is 3. The molecule has 0 saturated carbocycles. The highest BCUT2D eigenvalue weighted by atomic mass is 16.2. The molecule has 4 nitrogen and oxygen atoms in total. The number of fused-ring (bicyclic) bond motifs is 1. The van der Waals surface area contributed by atoms with Crippen LogP contribution in [0.3, 0.4) is 0 Å². The molecule has 4 heteroatoms. The number of nitrogens with zero attached hydrogens (tertiary/aromatic N) is 3.